The van der Waals surface area contributed by atoms with Crippen molar-refractivity contribution in [2.75, 3.05) is 0 Å². The average Bonchev–Trinajstić information content (AvgIpc) is 2.04. The van der Waals surface area contributed by atoms with Gasteiger partial charge in [0.25, 0.3) is 0 Å². The first-order valence-corrected chi connectivity index (χ1v) is 3.37. The summed E-state index contributed by atoms with van der Waals surface area (Å²) in [7, 11) is 0. The second-order valence-corrected chi connectivity index (χ2v) is 2.36. The van der Waals surface area contributed by atoms with Gasteiger partial charge in [0.2, 0.25) is 0 Å². The molecule has 0 unspecified atom stereocenters. The Kier molecular flexibility index (Phi) is 5.18. The van der Waals surface area contributed by atoms with Crippen LogP contribution in [-0.2, 0) is 6.18 Å². The molecule has 0 radical (unpaired) electrons. The summed E-state index contributed by atoms with van der Waals surface area (Å²) in [5.74, 6) is 0. The van der Waals surface area contributed by atoms with E-state index in [1.807, 2.05) is 0 Å². The van der Waals surface area contributed by atoms with Crippen LogP contribution < -0.4 is 29.6 Å². The van der Waals surface area contributed by atoms with Crippen LogP contribution in [0.1, 0.15) is 11.1 Å². The molecular weight excluding hydrogens is 206 g/mol. The third kappa shape index (κ3) is 3.69. The number of rotatable bonds is 1. The summed E-state index contributed by atoms with van der Waals surface area (Å²) >= 11 is 0. The first kappa shape index (κ1) is 13.5. The molecule has 0 aromatic heterocycles. The van der Waals surface area contributed by atoms with Crippen LogP contribution in [0.15, 0.2) is 29.4 Å². The van der Waals surface area contributed by atoms with E-state index in [1.165, 1.54) is 12.1 Å². The maximum Gasteiger partial charge on any atom is 1.00 e. The smallest absolute Gasteiger partial charge is 0.792 e. The molecule has 6 heteroatoms. The molecule has 1 rings (SSSR count). The van der Waals surface area contributed by atoms with Crippen molar-refractivity contribution in [3.05, 3.63) is 40.6 Å². The van der Waals surface area contributed by atoms with Crippen LogP contribution in [0.2, 0.25) is 0 Å². The van der Waals surface area contributed by atoms with E-state index in [1.54, 1.807) is 0 Å². The summed E-state index contributed by atoms with van der Waals surface area (Å²) in [5, 5.41) is 12.1. The molecule has 0 amide bonds. The molecule has 0 atom stereocenters. The van der Waals surface area contributed by atoms with E-state index in [2.05, 4.69) is 5.16 Å². The van der Waals surface area contributed by atoms with Crippen molar-refractivity contribution >= 4 is 6.21 Å². The van der Waals surface area contributed by atoms with Crippen LogP contribution in [-0.4, -0.2) is 6.21 Å². The maximum atomic E-state index is 12.1. The standard InChI is InChI=1S/C8H6F3NO.Na/c9-8(10,11)7-3-1-2-6(4-7)5-12-13;/h1-5,13H;/q;+1/p-1/b12-5-;. The number of nitrogens with zero attached hydrogens (tertiary/aromatic N) is 1. The van der Waals surface area contributed by atoms with Gasteiger partial charge in [-0.05, 0) is 17.7 Å². The molecule has 0 bridgehead atoms. The Bertz CT molecular complexity index is 325. The average molecular weight is 211 g/mol. The number of benzene rings is 1. The van der Waals surface area contributed by atoms with Crippen molar-refractivity contribution in [2.24, 2.45) is 5.16 Å². The second-order valence-electron chi connectivity index (χ2n) is 2.36. The zero-order valence-corrected chi connectivity index (χ0v) is 9.38. The van der Waals surface area contributed by atoms with Crippen molar-refractivity contribution in [3.8, 4) is 0 Å². The molecule has 0 fully saturated rings. The van der Waals surface area contributed by atoms with E-state index >= 15 is 0 Å². The zero-order chi connectivity index (χ0) is 9.90. The molecule has 14 heavy (non-hydrogen) atoms. The van der Waals surface area contributed by atoms with Crippen molar-refractivity contribution < 1.29 is 42.7 Å². The first-order valence-electron chi connectivity index (χ1n) is 3.37. The van der Waals surface area contributed by atoms with Crippen LogP contribution in [0, 0.1) is 5.21 Å². The van der Waals surface area contributed by atoms with Gasteiger partial charge in [0.05, 0.1) is 5.56 Å². The van der Waals surface area contributed by atoms with Crippen molar-refractivity contribution in [3.63, 3.8) is 0 Å². The van der Waals surface area contributed by atoms with Crippen molar-refractivity contribution in [1.82, 2.24) is 0 Å². The van der Waals surface area contributed by atoms with Gasteiger partial charge < -0.3 is 10.4 Å². The van der Waals surface area contributed by atoms with Gasteiger partial charge in [-0.25, -0.2) is 0 Å². The summed E-state index contributed by atoms with van der Waals surface area (Å²) < 4.78 is 36.3. The normalized spacial score (nSPS) is 11.4. The molecule has 0 saturated carbocycles. The minimum atomic E-state index is -4.38. The molecule has 0 aliphatic carbocycles. The minimum Gasteiger partial charge on any atom is -0.792 e. The van der Waals surface area contributed by atoms with Gasteiger partial charge >= 0.3 is 35.7 Å². The van der Waals surface area contributed by atoms with E-state index in [-0.39, 0.29) is 35.1 Å². The zero-order valence-electron chi connectivity index (χ0n) is 7.38. The maximum absolute atomic E-state index is 12.1. The predicted molar refractivity (Wildman–Crippen MR) is 42.4 cm³/mol. The third-order valence-electron chi connectivity index (χ3n) is 1.42. The van der Waals surface area contributed by atoms with E-state index in [9.17, 15) is 18.4 Å². The van der Waals surface area contributed by atoms with Crippen LogP contribution in [0.3, 0.4) is 0 Å². The number of halogens is 3. The number of hydrogen-bond donors (Lipinski definition) is 0. The molecule has 2 nitrogen and oxygen atoms in total. The molecule has 0 aliphatic rings. The molecule has 0 spiro atoms. The molecule has 70 valence electrons. The van der Waals surface area contributed by atoms with Gasteiger partial charge in [0.1, 0.15) is 0 Å². The predicted octanol–water partition coefficient (Wildman–Crippen LogP) is -0.374. The van der Waals surface area contributed by atoms with E-state index in [0.717, 1.165) is 18.3 Å². The van der Waals surface area contributed by atoms with E-state index in [0.29, 0.717) is 0 Å². The van der Waals surface area contributed by atoms with E-state index in [4.69, 9.17) is 0 Å². The Labute approximate surface area is 101 Å². The van der Waals surface area contributed by atoms with Gasteiger partial charge in [-0.1, -0.05) is 12.1 Å². The van der Waals surface area contributed by atoms with Crippen molar-refractivity contribution in [2.45, 2.75) is 6.18 Å². The quantitative estimate of drug-likeness (QED) is 0.354. The summed E-state index contributed by atoms with van der Waals surface area (Å²) in [6, 6.07) is 4.39. The van der Waals surface area contributed by atoms with Crippen LogP contribution in [0.5, 0.6) is 0 Å². The fourth-order valence-corrected chi connectivity index (χ4v) is 0.856. The fourth-order valence-electron chi connectivity index (χ4n) is 0.856. The van der Waals surface area contributed by atoms with E-state index < -0.39 is 11.7 Å². The van der Waals surface area contributed by atoms with Crippen LogP contribution in [0.25, 0.3) is 0 Å². The largest absolute Gasteiger partial charge is 1.00 e. The van der Waals surface area contributed by atoms with Crippen LogP contribution in [0.4, 0.5) is 13.2 Å². The minimum absolute atomic E-state index is 0. The Hall–Kier alpha value is -0.520. The number of alkyl halides is 3. The van der Waals surface area contributed by atoms with Gasteiger partial charge in [-0.15, -0.1) is 0 Å². The summed E-state index contributed by atoms with van der Waals surface area (Å²) in [6.45, 7) is 0. The molecule has 1 aromatic carbocycles. The van der Waals surface area contributed by atoms with Gasteiger partial charge in [-0.3, -0.25) is 0 Å². The molecule has 1 aromatic rings. The molecule has 0 heterocycles. The van der Waals surface area contributed by atoms with Crippen LogP contribution >= 0.6 is 0 Å². The van der Waals surface area contributed by atoms with Gasteiger partial charge in [0.15, 0.2) is 0 Å². The Morgan fingerprint density at radius 1 is 1.29 bits per heavy atom. The Morgan fingerprint density at radius 3 is 2.43 bits per heavy atom. The Balaban J connectivity index is 0.00000169. The topological polar surface area (TPSA) is 35.4 Å². The molecular formula is C8H5F3NNaO. The Morgan fingerprint density at radius 2 is 1.93 bits per heavy atom. The second kappa shape index (κ2) is 5.38. The third-order valence-corrected chi connectivity index (χ3v) is 1.42. The monoisotopic (exact) mass is 211 g/mol. The number of hydrogen-bond acceptors (Lipinski definition) is 2. The fraction of sp³-hybridized carbons (Fsp3) is 0.125. The molecule has 0 N–H and O–H groups in total. The molecule has 0 saturated heterocycles. The summed E-state index contributed by atoms with van der Waals surface area (Å²) in [5.41, 5.74) is -0.644. The van der Waals surface area contributed by atoms with Gasteiger partial charge in [-0.2, -0.15) is 13.2 Å². The summed E-state index contributed by atoms with van der Waals surface area (Å²) in [6.07, 6.45) is -3.55. The molecule has 0 aliphatic heterocycles. The van der Waals surface area contributed by atoms with Crippen molar-refractivity contribution in [1.29, 1.82) is 0 Å². The first-order chi connectivity index (χ1) is 6.04. The SMILES string of the molecule is [Na+].[O-]/N=C\c1cccc(C(F)(F)F)c1. The summed E-state index contributed by atoms with van der Waals surface area (Å²) in [4.78, 5) is 0. The van der Waals surface area contributed by atoms with Gasteiger partial charge in [0, 0.05) is 6.21 Å².